The zero-order valence-electron chi connectivity index (χ0n) is 12.2. The Morgan fingerprint density at radius 3 is 2.83 bits per heavy atom. The quantitative estimate of drug-likeness (QED) is 0.815. The summed E-state index contributed by atoms with van der Waals surface area (Å²) in [5.74, 6) is 1.50. The van der Waals surface area contributed by atoms with Crippen molar-refractivity contribution in [3.8, 4) is 11.8 Å². The van der Waals surface area contributed by atoms with E-state index in [0.29, 0.717) is 36.1 Å². The third-order valence-electron chi connectivity index (χ3n) is 3.26. The Kier molecular flexibility index (Phi) is 4.36. The zero-order valence-corrected chi connectivity index (χ0v) is 12.2. The number of hydrogen-bond donors (Lipinski definition) is 2. The van der Waals surface area contributed by atoms with Crippen molar-refractivity contribution in [2.45, 2.75) is 6.42 Å². The lowest BCUT2D eigenvalue weighted by atomic mass is 10.1. The predicted octanol–water partition coefficient (Wildman–Crippen LogP) is 2.01. The Morgan fingerprint density at radius 1 is 1.30 bits per heavy atom. The van der Waals surface area contributed by atoms with E-state index in [0.717, 1.165) is 12.0 Å². The molecule has 0 fully saturated rings. The van der Waals surface area contributed by atoms with Crippen LogP contribution in [-0.4, -0.2) is 28.2 Å². The average molecular weight is 310 g/mol. The largest absolute Gasteiger partial charge is 0.508 e. The lowest BCUT2D eigenvalue weighted by molar-refractivity contribution is -0.209. The minimum Gasteiger partial charge on any atom is -0.508 e. The predicted molar refractivity (Wildman–Crippen MR) is 82.1 cm³/mol. The molecule has 1 aromatic carbocycles. The van der Waals surface area contributed by atoms with Crippen molar-refractivity contribution in [2.24, 2.45) is 0 Å². The molecule has 23 heavy (non-hydrogen) atoms. The fourth-order valence-electron chi connectivity index (χ4n) is 2.07. The first kappa shape index (κ1) is 14.8. The summed E-state index contributed by atoms with van der Waals surface area (Å²) in [5.41, 5.74) is 1.43. The van der Waals surface area contributed by atoms with E-state index in [4.69, 9.17) is 15.0 Å². The normalized spacial score (nSPS) is 13.1. The van der Waals surface area contributed by atoms with Crippen molar-refractivity contribution >= 4 is 11.6 Å². The Hall–Kier alpha value is -3.11. The van der Waals surface area contributed by atoms with E-state index < -0.39 is 0 Å². The van der Waals surface area contributed by atoms with Gasteiger partial charge in [0.15, 0.2) is 0 Å². The van der Waals surface area contributed by atoms with Crippen LogP contribution >= 0.6 is 0 Å². The van der Waals surface area contributed by atoms with E-state index in [2.05, 4.69) is 21.4 Å². The van der Waals surface area contributed by atoms with Crippen LogP contribution in [0.1, 0.15) is 17.0 Å². The molecule has 0 unspecified atom stereocenters. The Balaban J connectivity index is 1.69. The van der Waals surface area contributed by atoms with Crippen LogP contribution in [0.15, 0.2) is 36.5 Å². The van der Waals surface area contributed by atoms with Gasteiger partial charge in [-0.2, -0.15) is 10.1 Å². The molecule has 116 valence electrons. The number of nitrogens with one attached hydrogen (secondary N) is 1. The van der Waals surface area contributed by atoms with Crippen molar-refractivity contribution in [1.29, 1.82) is 5.26 Å². The molecular formula is C16H14N4O3. The fraction of sp³-hybridized carbons (Fsp3) is 0.188. The van der Waals surface area contributed by atoms with Crippen molar-refractivity contribution in [1.82, 2.24) is 9.97 Å². The van der Waals surface area contributed by atoms with Gasteiger partial charge in [0, 0.05) is 6.54 Å². The van der Waals surface area contributed by atoms with Crippen LogP contribution in [0.25, 0.3) is 5.76 Å². The lowest BCUT2D eigenvalue weighted by Gasteiger charge is -2.09. The van der Waals surface area contributed by atoms with Crippen molar-refractivity contribution < 1.29 is 14.9 Å². The number of hydrogen-bond acceptors (Lipinski definition) is 7. The summed E-state index contributed by atoms with van der Waals surface area (Å²) in [6.07, 6.45) is 3.90. The van der Waals surface area contributed by atoms with Gasteiger partial charge in [0.1, 0.15) is 29.8 Å². The highest BCUT2D eigenvalue weighted by molar-refractivity contribution is 5.58. The maximum absolute atomic E-state index is 9.27. The summed E-state index contributed by atoms with van der Waals surface area (Å²) in [6, 6.07) is 9.04. The fourth-order valence-corrected chi connectivity index (χ4v) is 2.07. The molecule has 0 saturated carbocycles. The highest BCUT2D eigenvalue weighted by Crippen LogP contribution is 2.20. The first-order valence-corrected chi connectivity index (χ1v) is 7.05. The average Bonchev–Trinajstić information content (AvgIpc) is 3.11. The van der Waals surface area contributed by atoms with Crippen molar-refractivity contribution in [2.75, 3.05) is 18.5 Å². The number of rotatable bonds is 5. The van der Waals surface area contributed by atoms with E-state index in [9.17, 15) is 5.11 Å². The topological polar surface area (TPSA) is 100 Å². The van der Waals surface area contributed by atoms with Crippen LogP contribution in [-0.2, 0) is 16.2 Å². The molecule has 0 amide bonds. The molecule has 1 aliphatic rings. The summed E-state index contributed by atoms with van der Waals surface area (Å²) in [7, 11) is 0. The summed E-state index contributed by atoms with van der Waals surface area (Å²) < 4.78 is 0. The minimum atomic E-state index is 0.237. The number of benzene rings is 1. The molecule has 3 rings (SSSR count). The molecule has 0 radical (unpaired) electrons. The molecule has 0 saturated heterocycles. The maximum atomic E-state index is 9.27. The van der Waals surface area contributed by atoms with Gasteiger partial charge in [-0.3, -0.25) is 0 Å². The van der Waals surface area contributed by atoms with E-state index in [-0.39, 0.29) is 5.75 Å². The Labute approximate surface area is 132 Å². The summed E-state index contributed by atoms with van der Waals surface area (Å²) >= 11 is 0. The maximum Gasteiger partial charge on any atom is 0.208 e. The van der Waals surface area contributed by atoms with Gasteiger partial charge in [0.2, 0.25) is 11.6 Å². The second-order valence-electron chi connectivity index (χ2n) is 4.85. The highest BCUT2D eigenvalue weighted by atomic mass is 17.2. The van der Waals surface area contributed by atoms with E-state index in [1.54, 1.807) is 18.2 Å². The van der Waals surface area contributed by atoms with Crippen LogP contribution in [0.5, 0.6) is 5.75 Å². The first-order chi connectivity index (χ1) is 11.3. The molecule has 2 N–H and O–H groups in total. The van der Waals surface area contributed by atoms with Crippen LogP contribution in [0.3, 0.4) is 0 Å². The van der Waals surface area contributed by atoms with Gasteiger partial charge in [0.25, 0.3) is 0 Å². The van der Waals surface area contributed by atoms with Crippen molar-refractivity contribution in [3.63, 3.8) is 0 Å². The number of phenols is 1. The third-order valence-corrected chi connectivity index (χ3v) is 3.26. The molecule has 2 heterocycles. The molecule has 1 aromatic heterocycles. The number of aromatic nitrogens is 2. The van der Waals surface area contributed by atoms with E-state index in [1.165, 1.54) is 6.20 Å². The first-order valence-electron chi connectivity index (χ1n) is 7.05. The van der Waals surface area contributed by atoms with Crippen molar-refractivity contribution in [3.05, 3.63) is 53.5 Å². The van der Waals surface area contributed by atoms with Gasteiger partial charge >= 0.3 is 0 Å². The molecular weight excluding hydrogens is 296 g/mol. The molecule has 0 aliphatic carbocycles. The van der Waals surface area contributed by atoms with E-state index in [1.807, 2.05) is 12.1 Å². The monoisotopic (exact) mass is 310 g/mol. The zero-order chi connectivity index (χ0) is 16.1. The van der Waals surface area contributed by atoms with Gasteiger partial charge in [-0.05, 0) is 30.2 Å². The van der Waals surface area contributed by atoms with Crippen LogP contribution < -0.4 is 5.32 Å². The number of phenolic OH excluding ortho intramolecular Hbond substituents is 1. The summed E-state index contributed by atoms with van der Waals surface area (Å²) in [5, 5.41) is 21.6. The molecule has 7 nitrogen and oxygen atoms in total. The van der Waals surface area contributed by atoms with Crippen LogP contribution in [0.2, 0.25) is 0 Å². The third kappa shape index (κ3) is 3.56. The van der Waals surface area contributed by atoms with Gasteiger partial charge in [0.05, 0.1) is 6.20 Å². The molecule has 1 aliphatic heterocycles. The number of nitrogens with zero attached hydrogens (tertiary/aromatic N) is 3. The molecule has 7 heteroatoms. The smallest absolute Gasteiger partial charge is 0.208 e. The van der Waals surface area contributed by atoms with Crippen LogP contribution in [0, 0.1) is 11.3 Å². The van der Waals surface area contributed by atoms with Gasteiger partial charge in [-0.25, -0.2) is 9.97 Å². The number of aromatic hydroxyl groups is 1. The van der Waals surface area contributed by atoms with Gasteiger partial charge < -0.3 is 15.3 Å². The molecule has 0 atom stereocenters. The van der Waals surface area contributed by atoms with Gasteiger partial charge in [-0.1, -0.05) is 12.1 Å². The SMILES string of the molecule is N#Cc1cnc(C2=CCOO2)nc1NCCc1ccc(O)cc1. The molecule has 0 spiro atoms. The minimum absolute atomic E-state index is 0.237. The summed E-state index contributed by atoms with van der Waals surface area (Å²) in [6.45, 7) is 0.939. The Morgan fingerprint density at radius 2 is 2.13 bits per heavy atom. The second kappa shape index (κ2) is 6.77. The molecule has 2 aromatic rings. The number of anilines is 1. The second-order valence-corrected chi connectivity index (χ2v) is 4.85. The Bertz CT molecular complexity index is 766. The van der Waals surface area contributed by atoms with E-state index >= 15 is 0 Å². The molecule has 0 bridgehead atoms. The highest BCUT2D eigenvalue weighted by Gasteiger charge is 2.15. The lowest BCUT2D eigenvalue weighted by Crippen LogP contribution is -2.10. The summed E-state index contributed by atoms with van der Waals surface area (Å²) in [4.78, 5) is 18.1. The van der Waals surface area contributed by atoms with Crippen LogP contribution in [0.4, 0.5) is 5.82 Å². The standard InChI is InChI=1S/C16H14N4O3/c17-9-12-10-19-16(14-6-8-22-23-14)20-15(12)18-7-5-11-1-3-13(21)4-2-11/h1-4,6,10,21H,5,7-8H2,(H,18,19,20). The number of nitriles is 1. The van der Waals surface area contributed by atoms with Gasteiger partial charge in [-0.15, -0.1) is 0 Å².